The van der Waals surface area contributed by atoms with Gasteiger partial charge in [-0.15, -0.1) is 5.10 Å². The molecule has 0 radical (unpaired) electrons. The van der Waals surface area contributed by atoms with E-state index in [4.69, 9.17) is 5.73 Å². The van der Waals surface area contributed by atoms with Crippen LogP contribution in [0.1, 0.15) is 19.3 Å². The number of anilines is 1. The lowest BCUT2D eigenvalue weighted by atomic mass is 10.2. The van der Waals surface area contributed by atoms with Crippen LogP contribution in [0.5, 0.6) is 0 Å². The molecule has 0 saturated heterocycles. The zero-order chi connectivity index (χ0) is 11.1. The van der Waals surface area contributed by atoms with Crippen LogP contribution in [0, 0.1) is 0 Å². The Hall–Kier alpha value is -1.63. The van der Waals surface area contributed by atoms with Crippen molar-refractivity contribution in [1.29, 1.82) is 0 Å². The second-order valence-corrected chi connectivity index (χ2v) is 3.13. The summed E-state index contributed by atoms with van der Waals surface area (Å²) < 4.78 is 0. The summed E-state index contributed by atoms with van der Waals surface area (Å²) >= 11 is 0. The summed E-state index contributed by atoms with van der Waals surface area (Å²) in [5.74, 6) is 0.141. The van der Waals surface area contributed by atoms with E-state index in [1.807, 2.05) is 0 Å². The molecule has 0 bridgehead atoms. The van der Waals surface area contributed by atoms with Gasteiger partial charge in [0.1, 0.15) is 0 Å². The minimum Gasteiger partial charge on any atom is -0.364 e. The summed E-state index contributed by atoms with van der Waals surface area (Å²) in [5, 5.41) is 8.56. The van der Waals surface area contributed by atoms with E-state index in [9.17, 15) is 9.59 Å². The zero-order valence-electron chi connectivity index (χ0n) is 8.38. The highest BCUT2D eigenvalue weighted by Gasteiger charge is 1.99. The Kier molecular flexibility index (Phi) is 4.55. The van der Waals surface area contributed by atoms with Crippen molar-refractivity contribution >= 4 is 5.82 Å². The van der Waals surface area contributed by atoms with Gasteiger partial charge in [0, 0.05) is 6.54 Å². The predicted octanol–water partition coefficient (Wildman–Crippen LogP) is -1.00. The molecule has 1 rings (SSSR count). The van der Waals surface area contributed by atoms with Crippen molar-refractivity contribution in [3.05, 3.63) is 20.8 Å². The first-order chi connectivity index (χ1) is 7.24. The van der Waals surface area contributed by atoms with Gasteiger partial charge in [-0.3, -0.25) is 9.78 Å². The second kappa shape index (κ2) is 5.97. The Labute approximate surface area is 86.1 Å². The van der Waals surface area contributed by atoms with Crippen LogP contribution in [0.3, 0.4) is 0 Å². The van der Waals surface area contributed by atoms with Crippen LogP contribution in [0.25, 0.3) is 0 Å². The first kappa shape index (κ1) is 11.4. The maximum Gasteiger partial charge on any atom is 0.342 e. The SMILES string of the molecule is NCCCCCNc1n[nH]c(=O)[nH]c1=O. The molecule has 5 N–H and O–H groups in total. The Balaban J connectivity index is 2.38. The van der Waals surface area contributed by atoms with E-state index in [-0.39, 0.29) is 5.82 Å². The molecule has 0 spiro atoms. The number of nitrogens with zero attached hydrogens (tertiary/aromatic N) is 1. The van der Waals surface area contributed by atoms with Crippen molar-refractivity contribution in [3.8, 4) is 0 Å². The normalized spacial score (nSPS) is 10.2. The number of aromatic amines is 2. The molecular weight excluding hydrogens is 198 g/mol. The van der Waals surface area contributed by atoms with Gasteiger partial charge >= 0.3 is 5.69 Å². The Morgan fingerprint density at radius 3 is 2.73 bits per heavy atom. The van der Waals surface area contributed by atoms with E-state index in [1.54, 1.807) is 0 Å². The third-order valence-corrected chi connectivity index (χ3v) is 1.88. The number of nitrogens with one attached hydrogen (secondary N) is 3. The van der Waals surface area contributed by atoms with Gasteiger partial charge in [-0.1, -0.05) is 6.42 Å². The highest BCUT2D eigenvalue weighted by Crippen LogP contribution is 1.94. The third kappa shape index (κ3) is 3.94. The molecule has 7 heteroatoms. The first-order valence-electron chi connectivity index (χ1n) is 4.87. The van der Waals surface area contributed by atoms with E-state index < -0.39 is 11.2 Å². The van der Waals surface area contributed by atoms with E-state index >= 15 is 0 Å². The van der Waals surface area contributed by atoms with Crippen LogP contribution in [0.4, 0.5) is 5.82 Å². The second-order valence-electron chi connectivity index (χ2n) is 3.13. The summed E-state index contributed by atoms with van der Waals surface area (Å²) in [4.78, 5) is 23.9. The van der Waals surface area contributed by atoms with Crippen LogP contribution in [-0.2, 0) is 0 Å². The highest BCUT2D eigenvalue weighted by atomic mass is 16.2. The molecule has 0 saturated carbocycles. The van der Waals surface area contributed by atoms with Crippen molar-refractivity contribution in [1.82, 2.24) is 15.2 Å². The molecule has 0 atom stereocenters. The zero-order valence-corrected chi connectivity index (χ0v) is 8.38. The number of aromatic nitrogens is 3. The number of nitrogens with two attached hydrogens (primary N) is 1. The molecule has 1 heterocycles. The third-order valence-electron chi connectivity index (χ3n) is 1.88. The minimum atomic E-state index is -0.603. The Bertz CT molecular complexity index is 397. The van der Waals surface area contributed by atoms with Gasteiger partial charge in [-0.25, -0.2) is 9.89 Å². The molecule has 0 amide bonds. The summed E-state index contributed by atoms with van der Waals surface area (Å²) in [6.45, 7) is 1.32. The smallest absolute Gasteiger partial charge is 0.342 e. The predicted molar refractivity (Wildman–Crippen MR) is 56.9 cm³/mol. The fraction of sp³-hybridized carbons (Fsp3) is 0.625. The van der Waals surface area contributed by atoms with Crippen molar-refractivity contribution in [3.63, 3.8) is 0 Å². The van der Waals surface area contributed by atoms with E-state index in [2.05, 4.69) is 20.5 Å². The summed E-state index contributed by atoms with van der Waals surface area (Å²) in [6, 6.07) is 0. The summed E-state index contributed by atoms with van der Waals surface area (Å²) in [6.07, 6.45) is 2.89. The standard InChI is InChI=1S/C8H15N5O2/c9-4-2-1-3-5-10-6-7(14)11-8(15)13-12-6/h1-5,9H2,(H,10,12)(H2,11,13,14,15). The molecule has 1 aromatic rings. The molecule has 0 aromatic carbocycles. The average molecular weight is 213 g/mol. The molecule has 0 aliphatic carbocycles. The number of H-pyrrole nitrogens is 2. The fourth-order valence-corrected chi connectivity index (χ4v) is 1.12. The molecular formula is C8H15N5O2. The van der Waals surface area contributed by atoms with Crippen molar-refractivity contribution < 1.29 is 0 Å². The van der Waals surface area contributed by atoms with E-state index in [1.165, 1.54) is 0 Å². The van der Waals surface area contributed by atoms with Crippen molar-refractivity contribution in [2.45, 2.75) is 19.3 Å². The number of hydrogen-bond donors (Lipinski definition) is 4. The Morgan fingerprint density at radius 1 is 1.27 bits per heavy atom. The quantitative estimate of drug-likeness (QED) is 0.452. The van der Waals surface area contributed by atoms with Crippen LogP contribution in [0.2, 0.25) is 0 Å². The van der Waals surface area contributed by atoms with Crippen LogP contribution in [0.15, 0.2) is 9.59 Å². The molecule has 1 aromatic heterocycles. The largest absolute Gasteiger partial charge is 0.364 e. The monoisotopic (exact) mass is 213 g/mol. The fourth-order valence-electron chi connectivity index (χ4n) is 1.12. The van der Waals surface area contributed by atoms with Crippen molar-refractivity contribution in [2.75, 3.05) is 18.4 Å². The number of unbranched alkanes of at least 4 members (excludes halogenated alkanes) is 2. The molecule has 7 nitrogen and oxygen atoms in total. The van der Waals surface area contributed by atoms with Gasteiger partial charge in [-0.2, -0.15) is 0 Å². The highest BCUT2D eigenvalue weighted by molar-refractivity contribution is 5.28. The molecule has 0 aliphatic heterocycles. The lowest BCUT2D eigenvalue weighted by Crippen LogP contribution is -2.27. The maximum absolute atomic E-state index is 11.1. The van der Waals surface area contributed by atoms with E-state index in [0.29, 0.717) is 13.1 Å². The minimum absolute atomic E-state index is 0.141. The summed E-state index contributed by atoms with van der Waals surface area (Å²) in [5.41, 5.74) is 4.23. The van der Waals surface area contributed by atoms with E-state index in [0.717, 1.165) is 19.3 Å². The van der Waals surface area contributed by atoms with Gasteiger partial charge in [0.25, 0.3) is 5.56 Å². The number of rotatable bonds is 6. The van der Waals surface area contributed by atoms with Gasteiger partial charge < -0.3 is 11.1 Å². The molecule has 0 unspecified atom stereocenters. The first-order valence-corrected chi connectivity index (χ1v) is 4.87. The maximum atomic E-state index is 11.1. The molecule has 15 heavy (non-hydrogen) atoms. The van der Waals surface area contributed by atoms with Crippen LogP contribution >= 0.6 is 0 Å². The molecule has 0 fully saturated rings. The van der Waals surface area contributed by atoms with Gasteiger partial charge in [0.05, 0.1) is 0 Å². The Morgan fingerprint density at radius 2 is 2.07 bits per heavy atom. The summed E-state index contributed by atoms with van der Waals surface area (Å²) in [7, 11) is 0. The van der Waals surface area contributed by atoms with Gasteiger partial charge in [0.2, 0.25) is 5.82 Å². The topological polar surface area (TPSA) is 117 Å². The van der Waals surface area contributed by atoms with Crippen LogP contribution < -0.4 is 22.3 Å². The number of hydrogen-bond acceptors (Lipinski definition) is 5. The molecule has 84 valence electrons. The lowest BCUT2D eigenvalue weighted by Gasteiger charge is -2.02. The van der Waals surface area contributed by atoms with Crippen LogP contribution in [-0.4, -0.2) is 28.3 Å². The lowest BCUT2D eigenvalue weighted by molar-refractivity contribution is 0.704. The van der Waals surface area contributed by atoms with Gasteiger partial charge in [-0.05, 0) is 19.4 Å². The average Bonchev–Trinajstić information content (AvgIpc) is 2.20. The van der Waals surface area contributed by atoms with Crippen molar-refractivity contribution in [2.24, 2.45) is 5.73 Å². The molecule has 0 aliphatic rings. The van der Waals surface area contributed by atoms with Gasteiger partial charge in [0.15, 0.2) is 0 Å².